The molecule has 0 spiro atoms. The van der Waals surface area contributed by atoms with Crippen molar-refractivity contribution in [2.45, 2.75) is 0 Å². The fourth-order valence-corrected chi connectivity index (χ4v) is 1.42. The first-order valence-electron chi connectivity index (χ1n) is 4.59. The van der Waals surface area contributed by atoms with Crippen molar-refractivity contribution in [1.29, 1.82) is 0 Å². The van der Waals surface area contributed by atoms with Gasteiger partial charge in [0.05, 0.1) is 5.69 Å². The third kappa shape index (κ3) is 2.02. The molecule has 1 heterocycles. The molecule has 1 aromatic heterocycles. The van der Waals surface area contributed by atoms with Crippen LogP contribution in [0.1, 0.15) is 0 Å². The molecule has 0 N–H and O–H groups in total. The fraction of sp³-hybridized carbons (Fsp3) is 0. The van der Waals surface area contributed by atoms with Gasteiger partial charge in [0.2, 0.25) is 6.08 Å². The van der Waals surface area contributed by atoms with Crippen LogP contribution in [0.3, 0.4) is 0 Å². The molecule has 0 aliphatic heterocycles. The first-order valence-corrected chi connectivity index (χ1v) is 4.59. The minimum Gasteiger partial charge on any atom is -0.265 e. The highest BCUT2D eigenvalue weighted by atomic mass is 19.1. The second-order valence-electron chi connectivity index (χ2n) is 3.10. The third-order valence-electron chi connectivity index (χ3n) is 2.12. The zero-order valence-electron chi connectivity index (χ0n) is 8.22. The number of halogens is 1. The van der Waals surface area contributed by atoms with Crippen LogP contribution in [-0.4, -0.2) is 11.1 Å². The zero-order chi connectivity index (χ0) is 11.4. The molecule has 0 atom stereocenters. The van der Waals surface area contributed by atoms with Gasteiger partial charge in [-0.3, -0.25) is 4.98 Å². The Labute approximate surface area is 91.3 Å². The molecular weight excluding hydrogens is 207 g/mol. The number of aliphatic imine (C=N–C) groups is 1. The second-order valence-corrected chi connectivity index (χ2v) is 3.10. The van der Waals surface area contributed by atoms with Crippen LogP contribution in [0.5, 0.6) is 0 Å². The summed E-state index contributed by atoms with van der Waals surface area (Å²) in [6.45, 7) is 0. The monoisotopic (exact) mass is 214 g/mol. The summed E-state index contributed by atoms with van der Waals surface area (Å²) in [6.07, 6.45) is 4.63. The molecule has 2 aromatic rings. The van der Waals surface area contributed by atoms with Gasteiger partial charge < -0.3 is 0 Å². The van der Waals surface area contributed by atoms with Crippen LogP contribution in [0, 0.1) is 5.82 Å². The highest BCUT2D eigenvalue weighted by molar-refractivity contribution is 5.76. The standard InChI is InChI=1S/C12H7FN2O/c13-10-1-2-12(15-8-16)11(7-10)9-3-5-14-6-4-9/h1-7H. The van der Waals surface area contributed by atoms with Gasteiger partial charge in [0.15, 0.2) is 0 Å². The number of isocyanates is 1. The van der Waals surface area contributed by atoms with E-state index in [2.05, 4.69) is 9.98 Å². The van der Waals surface area contributed by atoms with Crippen LogP contribution in [-0.2, 0) is 4.79 Å². The van der Waals surface area contributed by atoms with E-state index in [1.165, 1.54) is 24.3 Å². The highest BCUT2D eigenvalue weighted by Crippen LogP contribution is 2.30. The van der Waals surface area contributed by atoms with Crippen molar-refractivity contribution < 1.29 is 9.18 Å². The van der Waals surface area contributed by atoms with Gasteiger partial charge in [-0.05, 0) is 35.9 Å². The maximum Gasteiger partial charge on any atom is 0.240 e. The Morgan fingerprint density at radius 3 is 2.62 bits per heavy atom. The predicted octanol–water partition coefficient (Wildman–Crippen LogP) is 2.86. The minimum absolute atomic E-state index is 0.378. The summed E-state index contributed by atoms with van der Waals surface area (Å²) >= 11 is 0. The van der Waals surface area contributed by atoms with Crippen molar-refractivity contribution in [2.75, 3.05) is 0 Å². The molecule has 2 rings (SSSR count). The molecule has 0 fully saturated rings. The van der Waals surface area contributed by atoms with Gasteiger partial charge in [0, 0.05) is 18.0 Å². The molecule has 4 heteroatoms. The van der Waals surface area contributed by atoms with Gasteiger partial charge >= 0.3 is 0 Å². The molecular formula is C12H7FN2O. The number of rotatable bonds is 2. The van der Waals surface area contributed by atoms with E-state index in [1.54, 1.807) is 24.5 Å². The SMILES string of the molecule is O=C=Nc1ccc(F)cc1-c1ccncc1. The average Bonchev–Trinajstić information content (AvgIpc) is 2.33. The van der Waals surface area contributed by atoms with E-state index in [0.29, 0.717) is 11.3 Å². The average molecular weight is 214 g/mol. The molecule has 1 aromatic carbocycles. The maximum absolute atomic E-state index is 13.1. The summed E-state index contributed by atoms with van der Waals surface area (Å²) in [7, 11) is 0. The van der Waals surface area contributed by atoms with E-state index >= 15 is 0 Å². The van der Waals surface area contributed by atoms with Gasteiger partial charge in [-0.1, -0.05) is 0 Å². The summed E-state index contributed by atoms with van der Waals surface area (Å²) in [5, 5.41) is 0. The number of carbonyl (C=O) groups excluding carboxylic acids is 1. The molecule has 78 valence electrons. The third-order valence-corrected chi connectivity index (χ3v) is 2.12. The summed E-state index contributed by atoms with van der Waals surface area (Å²) in [5.74, 6) is -0.378. The van der Waals surface area contributed by atoms with E-state index in [1.807, 2.05) is 0 Å². The Morgan fingerprint density at radius 2 is 1.94 bits per heavy atom. The predicted molar refractivity (Wildman–Crippen MR) is 57.4 cm³/mol. The van der Waals surface area contributed by atoms with E-state index in [9.17, 15) is 9.18 Å². The van der Waals surface area contributed by atoms with Crippen LogP contribution >= 0.6 is 0 Å². The molecule has 0 saturated heterocycles. The van der Waals surface area contributed by atoms with Crippen molar-refractivity contribution in [1.82, 2.24) is 4.98 Å². The molecule has 3 nitrogen and oxygen atoms in total. The molecule has 0 bridgehead atoms. The molecule has 0 amide bonds. The Balaban J connectivity index is 2.62. The van der Waals surface area contributed by atoms with Gasteiger partial charge in [0.25, 0.3) is 0 Å². The van der Waals surface area contributed by atoms with E-state index in [0.717, 1.165) is 5.56 Å². The van der Waals surface area contributed by atoms with Crippen molar-refractivity contribution in [3.8, 4) is 11.1 Å². The Hall–Kier alpha value is -2.32. The topological polar surface area (TPSA) is 42.3 Å². The van der Waals surface area contributed by atoms with Crippen molar-refractivity contribution in [3.05, 3.63) is 48.5 Å². The second kappa shape index (κ2) is 4.47. The number of pyridine rings is 1. The van der Waals surface area contributed by atoms with E-state index in [-0.39, 0.29) is 5.82 Å². The molecule has 0 radical (unpaired) electrons. The van der Waals surface area contributed by atoms with Crippen LogP contribution < -0.4 is 0 Å². The number of benzene rings is 1. The van der Waals surface area contributed by atoms with Crippen molar-refractivity contribution in [3.63, 3.8) is 0 Å². The number of hydrogen-bond donors (Lipinski definition) is 0. The smallest absolute Gasteiger partial charge is 0.240 e. The Bertz CT molecular complexity index is 548. The summed E-state index contributed by atoms with van der Waals surface area (Å²) in [4.78, 5) is 17.6. The largest absolute Gasteiger partial charge is 0.265 e. The minimum atomic E-state index is -0.378. The van der Waals surface area contributed by atoms with Gasteiger partial charge in [-0.15, -0.1) is 0 Å². The lowest BCUT2D eigenvalue weighted by atomic mass is 10.1. The molecule has 0 saturated carbocycles. The summed E-state index contributed by atoms with van der Waals surface area (Å²) in [5.41, 5.74) is 1.69. The molecule has 0 aliphatic rings. The van der Waals surface area contributed by atoms with Gasteiger partial charge in [-0.25, -0.2) is 9.18 Å². The Kier molecular flexibility index (Phi) is 2.85. The van der Waals surface area contributed by atoms with Crippen LogP contribution in [0.2, 0.25) is 0 Å². The first kappa shape index (κ1) is 10.2. The molecule has 0 unspecified atom stereocenters. The summed E-state index contributed by atoms with van der Waals surface area (Å²) in [6, 6.07) is 7.46. The molecule has 0 aliphatic carbocycles. The van der Waals surface area contributed by atoms with E-state index < -0.39 is 0 Å². The maximum atomic E-state index is 13.1. The lowest BCUT2D eigenvalue weighted by Crippen LogP contribution is -1.82. The van der Waals surface area contributed by atoms with Gasteiger partial charge in [0.1, 0.15) is 5.82 Å². The first-order chi connectivity index (χ1) is 7.81. The lowest BCUT2D eigenvalue weighted by Gasteiger charge is -2.04. The van der Waals surface area contributed by atoms with E-state index in [4.69, 9.17) is 0 Å². The highest BCUT2D eigenvalue weighted by Gasteiger charge is 2.05. The van der Waals surface area contributed by atoms with Crippen LogP contribution in [0.4, 0.5) is 10.1 Å². The molecule has 16 heavy (non-hydrogen) atoms. The number of hydrogen-bond acceptors (Lipinski definition) is 3. The number of aromatic nitrogens is 1. The fourth-order valence-electron chi connectivity index (χ4n) is 1.42. The quantitative estimate of drug-likeness (QED) is 0.569. The van der Waals surface area contributed by atoms with Crippen LogP contribution in [0.25, 0.3) is 11.1 Å². The number of nitrogens with zero attached hydrogens (tertiary/aromatic N) is 2. The Morgan fingerprint density at radius 1 is 1.19 bits per heavy atom. The summed E-state index contributed by atoms with van der Waals surface area (Å²) < 4.78 is 13.1. The zero-order valence-corrected chi connectivity index (χ0v) is 8.22. The van der Waals surface area contributed by atoms with Crippen molar-refractivity contribution in [2.24, 2.45) is 4.99 Å². The van der Waals surface area contributed by atoms with Gasteiger partial charge in [-0.2, -0.15) is 4.99 Å². The lowest BCUT2D eigenvalue weighted by molar-refractivity contribution is 0.565. The van der Waals surface area contributed by atoms with Crippen LogP contribution in [0.15, 0.2) is 47.7 Å². The normalized spacial score (nSPS) is 9.56. The van der Waals surface area contributed by atoms with Crippen molar-refractivity contribution >= 4 is 11.8 Å².